The van der Waals surface area contributed by atoms with Crippen molar-refractivity contribution in [3.8, 4) is 0 Å². The third kappa shape index (κ3) is 5.34. The maximum Gasteiger partial charge on any atom is 0.253 e. The molecule has 0 radical (unpaired) electrons. The largest absolute Gasteiger partial charge is 0.468 e. The van der Waals surface area contributed by atoms with Crippen molar-refractivity contribution >= 4 is 10.9 Å². The summed E-state index contributed by atoms with van der Waals surface area (Å²) in [6, 6.07) is 29.7. The van der Waals surface area contributed by atoms with Gasteiger partial charge < -0.3 is 9.40 Å². The predicted molar refractivity (Wildman–Crippen MR) is 154 cm³/mol. The normalized spacial score (nSPS) is 12.3. The standard InChI is InChI=1S/C32H30N6O2/c1-22-16-23(2)29-26(17-22)18-28(32(39)33-29)30(31-34-35-36-38(31)20-25-12-7-4-8-13-25)37(21-27-14-9-15-40-27)19-24-10-5-3-6-11-24/h3-18,30H,19-21H2,1-2H3,(H,33,39). The first-order chi connectivity index (χ1) is 19.5. The van der Waals surface area contributed by atoms with Gasteiger partial charge in [-0.3, -0.25) is 9.69 Å². The van der Waals surface area contributed by atoms with Gasteiger partial charge in [0, 0.05) is 12.1 Å². The molecule has 0 saturated heterocycles. The number of benzene rings is 3. The highest BCUT2D eigenvalue weighted by molar-refractivity contribution is 5.83. The zero-order valence-corrected chi connectivity index (χ0v) is 22.5. The number of rotatable bonds is 9. The summed E-state index contributed by atoms with van der Waals surface area (Å²) in [5, 5.41) is 13.9. The zero-order chi connectivity index (χ0) is 27.5. The molecule has 1 N–H and O–H groups in total. The number of fused-ring (bicyclic) bond motifs is 1. The fraction of sp³-hybridized carbons (Fsp3) is 0.188. The van der Waals surface area contributed by atoms with Gasteiger partial charge in [0.05, 0.1) is 24.9 Å². The Labute approximate surface area is 231 Å². The molecule has 40 heavy (non-hydrogen) atoms. The van der Waals surface area contributed by atoms with E-state index < -0.39 is 6.04 Å². The molecule has 8 nitrogen and oxygen atoms in total. The molecule has 1 unspecified atom stereocenters. The second-order valence-corrected chi connectivity index (χ2v) is 10.2. The van der Waals surface area contributed by atoms with E-state index in [1.807, 2.05) is 73.7 Å². The number of nitrogens with one attached hydrogen (secondary N) is 1. The quantitative estimate of drug-likeness (QED) is 0.263. The molecule has 1 atom stereocenters. The summed E-state index contributed by atoms with van der Waals surface area (Å²) in [6.45, 7) is 5.56. The van der Waals surface area contributed by atoms with Crippen LogP contribution in [-0.2, 0) is 19.6 Å². The predicted octanol–water partition coefficient (Wildman–Crippen LogP) is 5.56. The Hall–Kier alpha value is -4.82. The molecular formula is C32H30N6O2. The van der Waals surface area contributed by atoms with Crippen molar-refractivity contribution < 1.29 is 4.42 Å². The van der Waals surface area contributed by atoms with Crippen LogP contribution in [0.2, 0.25) is 0 Å². The summed E-state index contributed by atoms with van der Waals surface area (Å²) < 4.78 is 7.56. The second-order valence-electron chi connectivity index (χ2n) is 10.2. The average molecular weight is 531 g/mol. The Morgan fingerprint density at radius 1 is 0.900 bits per heavy atom. The van der Waals surface area contributed by atoms with Crippen LogP contribution in [0.5, 0.6) is 0 Å². The molecule has 0 spiro atoms. The number of aromatic amines is 1. The summed E-state index contributed by atoms with van der Waals surface area (Å²) >= 11 is 0. The van der Waals surface area contributed by atoms with Crippen molar-refractivity contribution in [1.29, 1.82) is 0 Å². The molecule has 0 saturated carbocycles. The lowest BCUT2D eigenvalue weighted by atomic mass is 10.00. The smallest absolute Gasteiger partial charge is 0.253 e. The van der Waals surface area contributed by atoms with Gasteiger partial charge in [-0.05, 0) is 70.6 Å². The molecular weight excluding hydrogens is 500 g/mol. The maximum atomic E-state index is 13.9. The fourth-order valence-corrected chi connectivity index (χ4v) is 5.34. The van der Waals surface area contributed by atoms with E-state index in [4.69, 9.17) is 4.42 Å². The Balaban J connectivity index is 1.54. The number of nitrogens with zero attached hydrogens (tertiary/aromatic N) is 5. The fourth-order valence-electron chi connectivity index (χ4n) is 5.34. The number of aromatic nitrogens is 5. The molecule has 0 fully saturated rings. The van der Waals surface area contributed by atoms with Gasteiger partial charge in [-0.2, -0.15) is 0 Å². The second kappa shape index (κ2) is 11.1. The van der Waals surface area contributed by atoms with Crippen LogP contribution in [0.3, 0.4) is 0 Å². The van der Waals surface area contributed by atoms with Gasteiger partial charge in [0.25, 0.3) is 5.56 Å². The third-order valence-electron chi connectivity index (χ3n) is 7.13. The van der Waals surface area contributed by atoms with E-state index in [0.29, 0.717) is 31.0 Å². The molecule has 0 aliphatic heterocycles. The van der Waals surface area contributed by atoms with Gasteiger partial charge >= 0.3 is 0 Å². The Kier molecular flexibility index (Phi) is 7.08. The van der Waals surface area contributed by atoms with Crippen molar-refractivity contribution in [3.63, 3.8) is 0 Å². The van der Waals surface area contributed by atoms with Crippen molar-refractivity contribution in [1.82, 2.24) is 30.1 Å². The Morgan fingerprint density at radius 2 is 1.65 bits per heavy atom. The first kappa shape index (κ1) is 25.5. The lowest BCUT2D eigenvalue weighted by molar-refractivity contribution is 0.179. The van der Waals surface area contributed by atoms with Gasteiger partial charge in [0.1, 0.15) is 11.8 Å². The minimum absolute atomic E-state index is 0.170. The lowest BCUT2D eigenvalue weighted by Crippen LogP contribution is -2.35. The minimum Gasteiger partial charge on any atom is -0.468 e. The molecule has 0 amide bonds. The van der Waals surface area contributed by atoms with E-state index in [-0.39, 0.29) is 5.56 Å². The van der Waals surface area contributed by atoms with E-state index in [2.05, 4.69) is 56.6 Å². The van der Waals surface area contributed by atoms with Crippen molar-refractivity contribution in [2.45, 2.75) is 39.5 Å². The van der Waals surface area contributed by atoms with Crippen LogP contribution in [-0.4, -0.2) is 30.1 Å². The highest BCUT2D eigenvalue weighted by Gasteiger charge is 2.31. The summed E-state index contributed by atoms with van der Waals surface area (Å²) in [5.41, 5.74) is 5.56. The summed E-state index contributed by atoms with van der Waals surface area (Å²) in [6.07, 6.45) is 1.67. The third-order valence-corrected chi connectivity index (χ3v) is 7.13. The van der Waals surface area contributed by atoms with E-state index in [1.54, 1.807) is 10.9 Å². The first-order valence-corrected chi connectivity index (χ1v) is 13.3. The van der Waals surface area contributed by atoms with Crippen molar-refractivity contribution in [3.05, 3.63) is 147 Å². The first-order valence-electron chi connectivity index (χ1n) is 13.3. The van der Waals surface area contributed by atoms with Gasteiger partial charge in [-0.25, -0.2) is 4.68 Å². The summed E-state index contributed by atoms with van der Waals surface area (Å²) in [4.78, 5) is 19.2. The number of aryl methyl sites for hydroxylation is 2. The van der Waals surface area contributed by atoms with Crippen LogP contribution in [0.1, 0.15) is 45.4 Å². The van der Waals surface area contributed by atoms with E-state index >= 15 is 0 Å². The Bertz CT molecular complexity index is 1780. The van der Waals surface area contributed by atoms with Gasteiger partial charge in [-0.15, -0.1) is 5.10 Å². The molecule has 200 valence electrons. The van der Waals surface area contributed by atoms with E-state index in [0.717, 1.165) is 38.9 Å². The number of hydrogen-bond donors (Lipinski definition) is 1. The topological polar surface area (TPSA) is 92.8 Å². The highest BCUT2D eigenvalue weighted by atomic mass is 16.3. The lowest BCUT2D eigenvalue weighted by Gasteiger charge is -2.30. The maximum absolute atomic E-state index is 13.9. The van der Waals surface area contributed by atoms with Crippen LogP contribution in [0.25, 0.3) is 10.9 Å². The monoisotopic (exact) mass is 530 g/mol. The summed E-state index contributed by atoms with van der Waals surface area (Å²) in [7, 11) is 0. The minimum atomic E-state index is -0.557. The van der Waals surface area contributed by atoms with E-state index in [9.17, 15) is 4.79 Å². The molecule has 6 aromatic rings. The van der Waals surface area contributed by atoms with Crippen molar-refractivity contribution in [2.24, 2.45) is 0 Å². The number of H-pyrrole nitrogens is 1. The van der Waals surface area contributed by atoms with Gasteiger partial charge in [0.15, 0.2) is 5.82 Å². The molecule has 3 aromatic heterocycles. The molecule has 6 rings (SSSR count). The van der Waals surface area contributed by atoms with Crippen molar-refractivity contribution in [2.75, 3.05) is 0 Å². The average Bonchev–Trinajstić information content (AvgIpc) is 3.63. The van der Waals surface area contributed by atoms with Gasteiger partial charge in [-0.1, -0.05) is 72.3 Å². The summed E-state index contributed by atoms with van der Waals surface area (Å²) in [5.74, 6) is 1.37. The van der Waals surface area contributed by atoms with Gasteiger partial charge in [0.2, 0.25) is 0 Å². The molecule has 3 aromatic carbocycles. The van der Waals surface area contributed by atoms with E-state index in [1.165, 1.54) is 0 Å². The van der Waals surface area contributed by atoms with Crippen LogP contribution in [0, 0.1) is 13.8 Å². The number of hydrogen-bond acceptors (Lipinski definition) is 6. The Morgan fingerprint density at radius 3 is 2.38 bits per heavy atom. The van der Waals surface area contributed by atoms with Crippen LogP contribution in [0.15, 0.2) is 106 Å². The zero-order valence-electron chi connectivity index (χ0n) is 22.5. The molecule has 8 heteroatoms. The number of furan rings is 1. The molecule has 0 aliphatic carbocycles. The molecule has 0 aliphatic rings. The SMILES string of the molecule is Cc1cc(C)c2[nH]c(=O)c(C(c3nnnn3Cc3ccccc3)N(Cc3ccccc3)Cc3ccco3)cc2c1. The number of pyridine rings is 1. The number of tetrazole rings is 1. The molecule has 0 bridgehead atoms. The van der Waals surface area contributed by atoms with Crippen LogP contribution in [0.4, 0.5) is 0 Å². The highest BCUT2D eigenvalue weighted by Crippen LogP contribution is 2.31. The van der Waals surface area contributed by atoms with Crippen LogP contribution >= 0.6 is 0 Å². The molecule has 3 heterocycles. The van der Waals surface area contributed by atoms with Crippen LogP contribution < -0.4 is 5.56 Å².